The monoisotopic (exact) mass is 398 g/mol. The van der Waals surface area contributed by atoms with Gasteiger partial charge in [-0.2, -0.15) is 0 Å². The lowest BCUT2D eigenvalue weighted by atomic mass is 9.97. The van der Waals surface area contributed by atoms with Gasteiger partial charge in [0.05, 0.1) is 10.8 Å². The lowest BCUT2D eigenvalue weighted by molar-refractivity contribution is -0.153. The molecule has 0 spiro atoms. The van der Waals surface area contributed by atoms with E-state index in [-0.39, 0.29) is 30.3 Å². The van der Waals surface area contributed by atoms with Crippen LogP contribution in [0.5, 0.6) is 0 Å². The van der Waals surface area contributed by atoms with E-state index in [1.807, 2.05) is 41.8 Å². The van der Waals surface area contributed by atoms with Gasteiger partial charge in [-0.1, -0.05) is 24.3 Å². The summed E-state index contributed by atoms with van der Waals surface area (Å²) in [5, 5.41) is 1.88. The number of likely N-dealkylation sites (tertiary alicyclic amines) is 1. The number of rotatable bonds is 4. The average molecular weight is 398 g/mol. The minimum Gasteiger partial charge on any atom is -0.455 e. The van der Waals surface area contributed by atoms with E-state index in [1.165, 1.54) is 11.3 Å². The van der Waals surface area contributed by atoms with Crippen LogP contribution < -0.4 is 4.90 Å². The first kappa shape index (κ1) is 18.7. The number of amides is 2. The van der Waals surface area contributed by atoms with Crippen LogP contribution in [-0.4, -0.2) is 48.9 Å². The van der Waals surface area contributed by atoms with Gasteiger partial charge in [0.15, 0.2) is 6.61 Å². The van der Waals surface area contributed by atoms with Crippen LogP contribution in [0.4, 0.5) is 5.69 Å². The Morgan fingerprint density at radius 3 is 2.57 bits per heavy atom. The Bertz CT molecular complexity index is 872. The van der Waals surface area contributed by atoms with E-state index >= 15 is 0 Å². The third kappa shape index (κ3) is 3.80. The van der Waals surface area contributed by atoms with Crippen molar-refractivity contribution in [2.24, 2.45) is 5.92 Å². The highest BCUT2D eigenvalue weighted by Gasteiger charge is 2.30. The molecule has 0 unspecified atom stereocenters. The summed E-state index contributed by atoms with van der Waals surface area (Å²) < 4.78 is 5.31. The average Bonchev–Trinajstić information content (AvgIpc) is 3.41. The Balaban J connectivity index is 1.25. The number of anilines is 1. The zero-order valence-corrected chi connectivity index (χ0v) is 16.3. The molecule has 2 aliphatic heterocycles. The molecule has 0 radical (unpaired) electrons. The summed E-state index contributed by atoms with van der Waals surface area (Å²) in [7, 11) is 0. The number of benzene rings is 1. The molecule has 0 saturated carbocycles. The maximum Gasteiger partial charge on any atom is 0.309 e. The Labute approximate surface area is 167 Å². The van der Waals surface area contributed by atoms with Crippen LogP contribution in [0.25, 0.3) is 0 Å². The molecule has 3 heterocycles. The van der Waals surface area contributed by atoms with Crippen molar-refractivity contribution < 1.29 is 19.1 Å². The van der Waals surface area contributed by atoms with Crippen molar-refractivity contribution in [2.75, 3.05) is 31.1 Å². The van der Waals surface area contributed by atoms with Gasteiger partial charge >= 0.3 is 5.97 Å². The number of ether oxygens (including phenoxy) is 1. The number of para-hydroxylation sites is 1. The summed E-state index contributed by atoms with van der Waals surface area (Å²) in [6, 6.07) is 11.5. The van der Waals surface area contributed by atoms with E-state index in [0.717, 1.165) is 22.5 Å². The van der Waals surface area contributed by atoms with E-state index in [2.05, 4.69) is 0 Å². The third-order valence-electron chi connectivity index (χ3n) is 5.37. The van der Waals surface area contributed by atoms with Gasteiger partial charge in [0.25, 0.3) is 11.8 Å². The van der Waals surface area contributed by atoms with Gasteiger partial charge in [-0.05, 0) is 42.3 Å². The van der Waals surface area contributed by atoms with Gasteiger partial charge in [-0.3, -0.25) is 14.4 Å². The predicted molar refractivity (Wildman–Crippen MR) is 106 cm³/mol. The van der Waals surface area contributed by atoms with E-state index < -0.39 is 0 Å². The summed E-state index contributed by atoms with van der Waals surface area (Å²) in [6.45, 7) is 1.45. The van der Waals surface area contributed by atoms with Gasteiger partial charge < -0.3 is 14.5 Å². The zero-order valence-electron chi connectivity index (χ0n) is 15.5. The predicted octanol–water partition coefficient (Wildman–Crippen LogP) is 2.73. The van der Waals surface area contributed by atoms with Crippen LogP contribution in [0.15, 0.2) is 41.8 Å². The van der Waals surface area contributed by atoms with E-state index in [1.54, 1.807) is 9.80 Å². The Kier molecular flexibility index (Phi) is 5.43. The molecule has 1 saturated heterocycles. The molecule has 0 aliphatic carbocycles. The highest BCUT2D eigenvalue weighted by atomic mass is 32.1. The van der Waals surface area contributed by atoms with Crippen LogP contribution in [0.3, 0.4) is 0 Å². The second-order valence-corrected chi connectivity index (χ2v) is 8.02. The molecule has 1 aromatic carbocycles. The zero-order chi connectivity index (χ0) is 19.5. The fourth-order valence-corrected chi connectivity index (χ4v) is 4.49. The van der Waals surface area contributed by atoms with Crippen molar-refractivity contribution >= 4 is 34.8 Å². The quantitative estimate of drug-likeness (QED) is 0.743. The van der Waals surface area contributed by atoms with Crippen molar-refractivity contribution in [1.82, 2.24) is 4.90 Å². The standard InChI is InChI=1S/C21H22N2O4S/c24-19(23-12-9-15-4-1-2-5-17(15)23)14-27-21(26)16-7-10-22(11-8-16)20(25)18-6-3-13-28-18/h1-6,13,16H,7-12,14H2. The highest BCUT2D eigenvalue weighted by Crippen LogP contribution is 2.27. The first-order valence-corrected chi connectivity index (χ1v) is 10.4. The molecule has 0 atom stereocenters. The minimum absolute atomic E-state index is 0.0182. The lowest BCUT2D eigenvalue weighted by Crippen LogP contribution is -2.41. The van der Waals surface area contributed by atoms with Crippen LogP contribution in [0.1, 0.15) is 28.1 Å². The SMILES string of the molecule is O=C(OCC(=O)N1CCc2ccccc21)C1CCN(C(=O)c2cccs2)CC1. The molecule has 146 valence electrons. The number of hydrogen-bond donors (Lipinski definition) is 0. The van der Waals surface area contributed by atoms with Gasteiger partial charge in [-0.25, -0.2) is 0 Å². The minimum atomic E-state index is -0.343. The fourth-order valence-electron chi connectivity index (χ4n) is 3.80. The van der Waals surface area contributed by atoms with Crippen LogP contribution >= 0.6 is 11.3 Å². The maximum atomic E-state index is 12.5. The molecule has 0 bridgehead atoms. The van der Waals surface area contributed by atoms with Crippen molar-refractivity contribution in [3.63, 3.8) is 0 Å². The lowest BCUT2D eigenvalue weighted by Gasteiger charge is -2.30. The summed E-state index contributed by atoms with van der Waals surface area (Å²) in [4.78, 5) is 41.4. The molecule has 1 aromatic heterocycles. The van der Waals surface area contributed by atoms with Gasteiger partial charge in [-0.15, -0.1) is 11.3 Å². The van der Waals surface area contributed by atoms with Crippen LogP contribution in [0.2, 0.25) is 0 Å². The van der Waals surface area contributed by atoms with E-state index in [0.29, 0.717) is 32.5 Å². The van der Waals surface area contributed by atoms with Gasteiger partial charge in [0.2, 0.25) is 0 Å². The summed E-state index contributed by atoms with van der Waals surface area (Å²) in [6.07, 6.45) is 1.96. The number of carbonyl (C=O) groups excluding carboxylic acids is 3. The van der Waals surface area contributed by atoms with Gasteiger partial charge in [0, 0.05) is 25.3 Å². The molecular weight excluding hydrogens is 376 g/mol. The number of carbonyl (C=O) groups is 3. The fraction of sp³-hybridized carbons (Fsp3) is 0.381. The van der Waals surface area contributed by atoms with Crippen molar-refractivity contribution in [2.45, 2.75) is 19.3 Å². The molecule has 0 N–H and O–H groups in total. The van der Waals surface area contributed by atoms with Gasteiger partial charge in [0.1, 0.15) is 0 Å². The van der Waals surface area contributed by atoms with Crippen molar-refractivity contribution in [3.05, 3.63) is 52.2 Å². The normalized spacial score (nSPS) is 16.7. The molecular formula is C21H22N2O4S. The molecule has 2 amide bonds. The second-order valence-electron chi connectivity index (χ2n) is 7.08. The van der Waals surface area contributed by atoms with Crippen molar-refractivity contribution in [1.29, 1.82) is 0 Å². The molecule has 1 fully saturated rings. The first-order valence-electron chi connectivity index (χ1n) is 9.51. The summed E-state index contributed by atoms with van der Waals surface area (Å²) in [5.74, 6) is -0.775. The molecule has 2 aromatic rings. The number of piperidine rings is 1. The second kappa shape index (κ2) is 8.14. The Morgan fingerprint density at radius 1 is 1.04 bits per heavy atom. The maximum absolute atomic E-state index is 12.5. The number of hydrogen-bond acceptors (Lipinski definition) is 5. The van der Waals surface area contributed by atoms with E-state index in [4.69, 9.17) is 4.74 Å². The molecule has 2 aliphatic rings. The molecule has 28 heavy (non-hydrogen) atoms. The number of thiophene rings is 1. The Morgan fingerprint density at radius 2 is 1.82 bits per heavy atom. The largest absolute Gasteiger partial charge is 0.455 e. The third-order valence-corrected chi connectivity index (χ3v) is 6.23. The van der Waals surface area contributed by atoms with Crippen LogP contribution in [-0.2, 0) is 20.7 Å². The first-order chi connectivity index (χ1) is 13.6. The molecule has 6 nitrogen and oxygen atoms in total. The molecule has 7 heteroatoms. The molecule has 4 rings (SSSR count). The van der Waals surface area contributed by atoms with Crippen LogP contribution in [0, 0.1) is 5.92 Å². The summed E-state index contributed by atoms with van der Waals surface area (Å²) in [5.41, 5.74) is 2.05. The van der Waals surface area contributed by atoms with Crippen molar-refractivity contribution in [3.8, 4) is 0 Å². The smallest absolute Gasteiger partial charge is 0.309 e. The topological polar surface area (TPSA) is 66.9 Å². The number of esters is 1. The number of nitrogens with zero attached hydrogens (tertiary/aromatic N) is 2. The highest BCUT2D eigenvalue weighted by molar-refractivity contribution is 7.12. The Hall–Kier alpha value is -2.67. The van der Waals surface area contributed by atoms with E-state index in [9.17, 15) is 14.4 Å². The summed E-state index contributed by atoms with van der Waals surface area (Å²) >= 11 is 1.43. The number of fused-ring (bicyclic) bond motifs is 1.